The molecule has 1 aromatic rings. The molecule has 0 aliphatic carbocycles. The van der Waals surface area contributed by atoms with Gasteiger partial charge in [0, 0.05) is 5.56 Å². The molecule has 5 nitrogen and oxygen atoms in total. The summed E-state index contributed by atoms with van der Waals surface area (Å²) < 4.78 is 0. The lowest BCUT2D eigenvalue weighted by Gasteiger charge is -2.01. The first-order valence-corrected chi connectivity index (χ1v) is 3.66. The molecule has 0 saturated carbocycles. The maximum atomic E-state index is 11.2. The molecular weight excluding hydrogens is 186 g/mol. The highest BCUT2D eigenvalue weighted by molar-refractivity contribution is 6.06. The summed E-state index contributed by atoms with van der Waals surface area (Å²) in [6, 6.07) is 5.80. The SMILES string of the molecule is O=[C]c1ccccc1C(=O)NC(=O)O. The molecule has 0 heterocycles. The van der Waals surface area contributed by atoms with Crippen LogP contribution < -0.4 is 5.32 Å². The average Bonchev–Trinajstić information content (AvgIpc) is 2.16. The van der Waals surface area contributed by atoms with Crippen molar-refractivity contribution in [2.24, 2.45) is 0 Å². The number of amides is 2. The van der Waals surface area contributed by atoms with Gasteiger partial charge in [0.2, 0.25) is 6.29 Å². The summed E-state index contributed by atoms with van der Waals surface area (Å²) in [6.07, 6.45) is 0.0836. The smallest absolute Gasteiger partial charge is 0.411 e. The summed E-state index contributed by atoms with van der Waals surface area (Å²) in [4.78, 5) is 31.7. The zero-order chi connectivity index (χ0) is 10.6. The molecule has 2 N–H and O–H groups in total. The number of carbonyl (C=O) groups excluding carboxylic acids is 2. The number of nitrogens with one attached hydrogen (secondary N) is 1. The first kappa shape index (κ1) is 9.91. The maximum absolute atomic E-state index is 11.2. The van der Waals surface area contributed by atoms with Crippen molar-refractivity contribution >= 4 is 18.3 Å². The van der Waals surface area contributed by atoms with E-state index in [1.165, 1.54) is 18.2 Å². The fraction of sp³-hybridized carbons (Fsp3) is 0. The molecule has 0 aromatic heterocycles. The summed E-state index contributed by atoms with van der Waals surface area (Å²) in [5, 5.41) is 9.91. The van der Waals surface area contributed by atoms with Crippen LogP contribution in [0.5, 0.6) is 0 Å². The molecule has 0 aliphatic rings. The zero-order valence-corrected chi connectivity index (χ0v) is 6.98. The van der Waals surface area contributed by atoms with E-state index < -0.39 is 12.0 Å². The molecule has 0 saturated heterocycles. The van der Waals surface area contributed by atoms with Crippen molar-refractivity contribution in [1.29, 1.82) is 0 Å². The molecule has 1 rings (SSSR count). The molecular formula is C9H6NO4. The molecule has 0 bridgehead atoms. The van der Waals surface area contributed by atoms with Crippen LogP contribution in [0.15, 0.2) is 24.3 Å². The van der Waals surface area contributed by atoms with Gasteiger partial charge in [-0.2, -0.15) is 0 Å². The van der Waals surface area contributed by atoms with Crippen molar-refractivity contribution in [2.75, 3.05) is 0 Å². The van der Waals surface area contributed by atoms with Gasteiger partial charge in [-0.3, -0.25) is 14.9 Å². The van der Waals surface area contributed by atoms with Crippen molar-refractivity contribution in [3.8, 4) is 0 Å². The van der Waals surface area contributed by atoms with Gasteiger partial charge in [0.1, 0.15) is 0 Å². The fourth-order valence-electron chi connectivity index (χ4n) is 0.935. The van der Waals surface area contributed by atoms with Crippen LogP contribution in [0.25, 0.3) is 0 Å². The molecule has 1 radical (unpaired) electrons. The minimum atomic E-state index is -1.46. The Bertz CT molecular complexity index is 386. The Morgan fingerprint density at radius 2 is 1.93 bits per heavy atom. The second-order valence-electron chi connectivity index (χ2n) is 2.41. The molecule has 0 spiro atoms. The lowest BCUT2D eigenvalue weighted by molar-refractivity contribution is 0.0948. The second kappa shape index (κ2) is 4.18. The van der Waals surface area contributed by atoms with Crippen molar-refractivity contribution in [3.05, 3.63) is 35.4 Å². The van der Waals surface area contributed by atoms with Crippen molar-refractivity contribution in [1.82, 2.24) is 5.32 Å². The lowest BCUT2D eigenvalue weighted by Crippen LogP contribution is -2.29. The summed E-state index contributed by atoms with van der Waals surface area (Å²) in [7, 11) is 0. The van der Waals surface area contributed by atoms with Gasteiger partial charge < -0.3 is 5.11 Å². The Balaban J connectivity index is 2.99. The van der Waals surface area contributed by atoms with Gasteiger partial charge in [-0.05, 0) is 6.07 Å². The van der Waals surface area contributed by atoms with Crippen molar-refractivity contribution in [3.63, 3.8) is 0 Å². The van der Waals surface area contributed by atoms with Gasteiger partial charge in [0.05, 0.1) is 5.56 Å². The molecule has 0 atom stereocenters. The number of benzene rings is 1. The standard InChI is InChI=1S/C9H6NO4/c11-5-6-3-1-2-4-7(6)8(12)10-9(13)14/h1-4H,(H,10,12)(H,13,14). The van der Waals surface area contributed by atoms with E-state index in [-0.39, 0.29) is 11.1 Å². The molecule has 0 fully saturated rings. The Hall–Kier alpha value is -2.17. The highest BCUT2D eigenvalue weighted by Crippen LogP contribution is 2.05. The van der Waals surface area contributed by atoms with Crippen molar-refractivity contribution < 1.29 is 19.5 Å². The van der Waals surface area contributed by atoms with Crippen LogP contribution >= 0.6 is 0 Å². The third-order valence-electron chi connectivity index (χ3n) is 1.50. The highest BCUT2D eigenvalue weighted by atomic mass is 16.4. The number of hydrogen-bond acceptors (Lipinski definition) is 3. The van der Waals surface area contributed by atoms with Gasteiger partial charge in [-0.25, -0.2) is 4.79 Å². The maximum Gasteiger partial charge on any atom is 0.411 e. The van der Waals surface area contributed by atoms with Gasteiger partial charge in [0.15, 0.2) is 0 Å². The molecule has 14 heavy (non-hydrogen) atoms. The Morgan fingerprint density at radius 3 is 2.50 bits per heavy atom. The topological polar surface area (TPSA) is 83.5 Å². The predicted octanol–water partition coefficient (Wildman–Crippen LogP) is 0.552. The van der Waals surface area contributed by atoms with E-state index in [1.807, 2.05) is 0 Å². The van der Waals surface area contributed by atoms with Crippen LogP contribution in [0.4, 0.5) is 4.79 Å². The average molecular weight is 192 g/mol. The largest absolute Gasteiger partial charge is 0.465 e. The van der Waals surface area contributed by atoms with Crippen LogP contribution in [-0.4, -0.2) is 23.4 Å². The predicted molar refractivity (Wildman–Crippen MR) is 46.7 cm³/mol. The minimum absolute atomic E-state index is 0.00935. The van der Waals surface area contributed by atoms with E-state index in [2.05, 4.69) is 0 Å². The summed E-state index contributed by atoms with van der Waals surface area (Å²) >= 11 is 0. The quantitative estimate of drug-likeness (QED) is 0.716. The monoisotopic (exact) mass is 192 g/mol. The summed E-state index contributed by atoms with van der Waals surface area (Å²) in [5.74, 6) is -0.837. The molecule has 0 aliphatic heterocycles. The van der Waals surface area contributed by atoms with Gasteiger partial charge in [-0.15, -0.1) is 0 Å². The third kappa shape index (κ3) is 2.16. The molecule has 1 aromatic carbocycles. The van der Waals surface area contributed by atoms with Crippen LogP contribution in [0.1, 0.15) is 15.9 Å². The normalized spacial score (nSPS) is 9.14. The number of carboxylic acid groups (broad SMARTS) is 1. The van der Waals surface area contributed by atoms with E-state index in [9.17, 15) is 14.4 Å². The van der Waals surface area contributed by atoms with Crippen molar-refractivity contribution in [2.45, 2.75) is 0 Å². The molecule has 0 unspecified atom stereocenters. The van der Waals surface area contributed by atoms with Crippen LogP contribution in [0.2, 0.25) is 0 Å². The molecule has 71 valence electrons. The van der Waals surface area contributed by atoms with Crippen LogP contribution in [-0.2, 0) is 4.79 Å². The number of imide groups is 1. The van der Waals surface area contributed by atoms with Crippen LogP contribution in [0.3, 0.4) is 0 Å². The zero-order valence-electron chi connectivity index (χ0n) is 6.98. The Kier molecular flexibility index (Phi) is 2.96. The highest BCUT2D eigenvalue weighted by Gasteiger charge is 2.12. The second-order valence-corrected chi connectivity index (χ2v) is 2.41. The number of carbonyl (C=O) groups is 2. The summed E-state index contributed by atoms with van der Waals surface area (Å²) in [6.45, 7) is 0. The first-order valence-electron chi connectivity index (χ1n) is 3.66. The lowest BCUT2D eigenvalue weighted by atomic mass is 10.1. The Morgan fingerprint density at radius 1 is 1.29 bits per heavy atom. The summed E-state index contributed by atoms with van der Waals surface area (Å²) in [5.41, 5.74) is 0.0242. The molecule has 2 amide bonds. The van der Waals surface area contributed by atoms with Gasteiger partial charge >= 0.3 is 6.09 Å². The number of hydrogen-bond donors (Lipinski definition) is 2. The van der Waals surface area contributed by atoms with E-state index >= 15 is 0 Å². The molecule has 5 heteroatoms. The van der Waals surface area contributed by atoms with E-state index in [4.69, 9.17) is 5.11 Å². The minimum Gasteiger partial charge on any atom is -0.465 e. The van der Waals surface area contributed by atoms with Gasteiger partial charge in [0.25, 0.3) is 5.91 Å². The van der Waals surface area contributed by atoms with Crippen LogP contribution in [0, 0.1) is 0 Å². The van der Waals surface area contributed by atoms with Gasteiger partial charge in [-0.1, -0.05) is 18.2 Å². The van der Waals surface area contributed by atoms with E-state index in [0.717, 1.165) is 0 Å². The van der Waals surface area contributed by atoms with E-state index in [0.29, 0.717) is 0 Å². The first-order chi connectivity index (χ1) is 6.65. The number of rotatable bonds is 2. The third-order valence-corrected chi connectivity index (χ3v) is 1.50. The Labute approximate surface area is 79.4 Å². The fourth-order valence-corrected chi connectivity index (χ4v) is 0.935. The van der Waals surface area contributed by atoms with E-state index in [1.54, 1.807) is 17.7 Å².